The monoisotopic (exact) mass is 380 g/mol. The predicted octanol–water partition coefficient (Wildman–Crippen LogP) is 3.37. The first-order chi connectivity index (χ1) is 13.2. The Hall–Kier alpha value is -3.60. The number of nitrogens with zero attached hydrogens (tertiary/aromatic N) is 3. The molecule has 1 aliphatic heterocycles. The van der Waals surface area contributed by atoms with E-state index < -0.39 is 11.6 Å². The number of aromatic nitrogens is 1. The maximum atomic E-state index is 12.1. The molecule has 1 aromatic heterocycles. The Morgan fingerprint density at radius 1 is 1.21 bits per heavy atom. The molecule has 0 atom stereocenters. The van der Waals surface area contributed by atoms with Crippen molar-refractivity contribution in [1.29, 1.82) is 5.26 Å². The summed E-state index contributed by atoms with van der Waals surface area (Å²) < 4.78 is 11.4. The van der Waals surface area contributed by atoms with E-state index in [1.165, 1.54) is 11.1 Å². The Labute approximate surface area is 162 Å². The third kappa shape index (κ3) is 3.60. The molecule has 0 unspecified atom stereocenters. The lowest BCUT2D eigenvalue weighted by molar-refractivity contribution is -0.122. The molecular formula is C20H20N4O4. The van der Waals surface area contributed by atoms with Gasteiger partial charge in [-0.1, -0.05) is 0 Å². The molecule has 1 fully saturated rings. The summed E-state index contributed by atoms with van der Waals surface area (Å²) in [7, 11) is 0. The van der Waals surface area contributed by atoms with Crippen LogP contribution in [0.4, 0.5) is 10.5 Å². The predicted molar refractivity (Wildman–Crippen MR) is 101 cm³/mol. The van der Waals surface area contributed by atoms with Crippen LogP contribution in [0.2, 0.25) is 0 Å². The third-order valence-electron chi connectivity index (χ3n) is 4.18. The van der Waals surface area contributed by atoms with Gasteiger partial charge in [0.25, 0.3) is 5.91 Å². The molecule has 1 aliphatic rings. The molecule has 3 amide bonds. The number of nitriles is 1. The molecule has 0 spiro atoms. The molecule has 3 rings (SSSR count). The largest absolute Gasteiger partial charge is 0.489 e. The fourth-order valence-corrected chi connectivity index (χ4v) is 2.80. The van der Waals surface area contributed by atoms with Gasteiger partial charge >= 0.3 is 6.03 Å². The zero-order valence-corrected chi connectivity index (χ0v) is 16.0. The molecule has 1 saturated heterocycles. The van der Waals surface area contributed by atoms with Crippen LogP contribution in [0.15, 0.2) is 36.5 Å². The summed E-state index contributed by atoms with van der Waals surface area (Å²) in [6.45, 7) is 7.06. The molecule has 2 heterocycles. The number of nitrogens with one attached hydrogen (secondary N) is 1. The van der Waals surface area contributed by atoms with Gasteiger partial charge in [-0.3, -0.25) is 15.0 Å². The first-order valence-electron chi connectivity index (χ1n) is 8.72. The number of anilines is 1. The number of rotatable bonds is 5. The molecule has 0 aliphatic carbocycles. The van der Waals surface area contributed by atoms with Crippen molar-refractivity contribution in [3.05, 3.63) is 42.1 Å². The van der Waals surface area contributed by atoms with E-state index in [0.717, 1.165) is 0 Å². The van der Waals surface area contributed by atoms with Gasteiger partial charge in [0.1, 0.15) is 23.1 Å². The quantitative estimate of drug-likeness (QED) is 0.798. The van der Waals surface area contributed by atoms with E-state index in [9.17, 15) is 14.9 Å². The van der Waals surface area contributed by atoms with E-state index >= 15 is 0 Å². The number of carbonyl (C=O) groups is 2. The fraction of sp³-hybridized carbons (Fsp3) is 0.300. The number of hydrogen-bond donors (Lipinski definition) is 1. The van der Waals surface area contributed by atoms with Crippen LogP contribution < -0.4 is 19.7 Å². The van der Waals surface area contributed by atoms with Crippen LogP contribution >= 0.6 is 0 Å². The van der Waals surface area contributed by atoms with Gasteiger partial charge in [0, 0.05) is 12.1 Å². The Balaban J connectivity index is 1.81. The Bertz CT molecular complexity index is 961. The zero-order chi connectivity index (χ0) is 20.5. The number of carbonyl (C=O) groups excluding carboxylic acids is 2. The molecular weight excluding hydrogens is 360 g/mol. The average Bonchev–Trinajstić information content (AvgIpc) is 2.83. The Kier molecular flexibility index (Phi) is 4.92. The van der Waals surface area contributed by atoms with Crippen molar-refractivity contribution >= 4 is 17.6 Å². The molecule has 0 radical (unpaired) electrons. The van der Waals surface area contributed by atoms with Crippen LogP contribution in [0.1, 0.15) is 33.3 Å². The molecule has 0 saturated carbocycles. The summed E-state index contributed by atoms with van der Waals surface area (Å²) in [5.41, 5.74) is -0.113. The van der Waals surface area contributed by atoms with Crippen molar-refractivity contribution in [2.45, 2.75) is 39.3 Å². The number of hydrogen-bond acceptors (Lipinski definition) is 6. The van der Waals surface area contributed by atoms with Gasteiger partial charge < -0.3 is 9.47 Å². The number of imide groups is 1. The molecule has 144 valence electrons. The topological polar surface area (TPSA) is 105 Å². The summed E-state index contributed by atoms with van der Waals surface area (Å²) in [5.74, 6) is 0.825. The van der Waals surface area contributed by atoms with E-state index in [2.05, 4.69) is 16.4 Å². The van der Waals surface area contributed by atoms with Crippen molar-refractivity contribution in [2.24, 2.45) is 0 Å². The van der Waals surface area contributed by atoms with E-state index in [-0.39, 0.29) is 12.0 Å². The van der Waals surface area contributed by atoms with Crippen LogP contribution in [0.3, 0.4) is 0 Å². The van der Waals surface area contributed by atoms with Crippen LogP contribution in [0.5, 0.6) is 17.4 Å². The smallest absolute Gasteiger partial charge is 0.329 e. The van der Waals surface area contributed by atoms with Gasteiger partial charge in [-0.05, 0) is 45.9 Å². The molecule has 0 bridgehead atoms. The molecule has 1 aromatic carbocycles. The lowest BCUT2D eigenvalue weighted by Gasteiger charge is -2.27. The van der Waals surface area contributed by atoms with Crippen molar-refractivity contribution < 1.29 is 19.1 Å². The van der Waals surface area contributed by atoms with Crippen LogP contribution in [-0.4, -0.2) is 28.6 Å². The Morgan fingerprint density at radius 3 is 2.50 bits per heavy atom. The van der Waals surface area contributed by atoms with Gasteiger partial charge in [0.2, 0.25) is 5.88 Å². The lowest BCUT2D eigenvalue weighted by Crippen LogP contribution is -2.44. The molecule has 8 nitrogen and oxygen atoms in total. The second kappa shape index (κ2) is 7.19. The van der Waals surface area contributed by atoms with Gasteiger partial charge in [-0.2, -0.15) is 5.26 Å². The maximum Gasteiger partial charge on any atom is 0.329 e. The van der Waals surface area contributed by atoms with E-state index in [1.54, 1.807) is 44.2 Å². The highest BCUT2D eigenvalue weighted by molar-refractivity contribution is 6.16. The number of ether oxygens (including phenoxy) is 2. The highest BCUT2D eigenvalue weighted by atomic mass is 16.5. The van der Waals surface area contributed by atoms with Gasteiger partial charge in [0.05, 0.1) is 23.6 Å². The molecule has 2 aromatic rings. The number of pyridine rings is 1. The maximum absolute atomic E-state index is 12.1. The molecule has 8 heteroatoms. The van der Waals surface area contributed by atoms with Gasteiger partial charge in [0.15, 0.2) is 0 Å². The summed E-state index contributed by atoms with van der Waals surface area (Å²) >= 11 is 0. The van der Waals surface area contributed by atoms with Crippen LogP contribution in [0.25, 0.3) is 0 Å². The number of urea groups is 1. The first kappa shape index (κ1) is 19.2. The minimum Gasteiger partial charge on any atom is -0.489 e. The minimum absolute atomic E-state index is 0.0857. The first-order valence-corrected chi connectivity index (χ1v) is 8.72. The molecule has 28 heavy (non-hydrogen) atoms. The highest BCUT2D eigenvalue weighted by Gasteiger charge is 2.46. The zero-order valence-electron chi connectivity index (χ0n) is 16.0. The fourth-order valence-electron chi connectivity index (χ4n) is 2.80. The average molecular weight is 380 g/mol. The van der Waals surface area contributed by atoms with Crippen molar-refractivity contribution in [2.75, 3.05) is 4.90 Å². The number of benzene rings is 1. The SMILES string of the molecule is CC(C)Oc1cc(Oc2ccc(N3C(=O)NC(=O)C3(C)C)cn2)ccc1C#N. The van der Waals surface area contributed by atoms with Crippen LogP contribution in [0, 0.1) is 11.3 Å². The summed E-state index contributed by atoms with van der Waals surface area (Å²) in [6, 6.07) is 9.73. The normalized spacial score (nSPS) is 15.4. The molecule has 1 N–H and O–H groups in total. The number of amides is 3. The van der Waals surface area contributed by atoms with Gasteiger partial charge in [-0.15, -0.1) is 0 Å². The van der Waals surface area contributed by atoms with Crippen molar-refractivity contribution in [3.63, 3.8) is 0 Å². The van der Waals surface area contributed by atoms with E-state index in [0.29, 0.717) is 28.6 Å². The lowest BCUT2D eigenvalue weighted by atomic mass is 10.0. The summed E-state index contributed by atoms with van der Waals surface area (Å²) in [6.07, 6.45) is 1.38. The standard InChI is InChI=1S/C20H20N4O4/c1-12(2)27-16-9-15(7-5-13(16)10-21)28-17-8-6-14(11-22-17)24-19(26)23-18(25)20(24,3)4/h5-9,11-12H,1-4H3,(H,23,25,26). The van der Waals surface area contributed by atoms with Crippen molar-refractivity contribution in [1.82, 2.24) is 10.3 Å². The van der Waals surface area contributed by atoms with E-state index in [4.69, 9.17) is 9.47 Å². The summed E-state index contributed by atoms with van der Waals surface area (Å²) in [4.78, 5) is 29.5. The minimum atomic E-state index is -1.00. The summed E-state index contributed by atoms with van der Waals surface area (Å²) in [5, 5.41) is 11.5. The second-order valence-electron chi connectivity index (χ2n) is 7.05. The third-order valence-corrected chi connectivity index (χ3v) is 4.18. The van der Waals surface area contributed by atoms with Crippen molar-refractivity contribution in [3.8, 4) is 23.4 Å². The Morgan fingerprint density at radius 2 is 1.96 bits per heavy atom. The van der Waals surface area contributed by atoms with E-state index in [1.807, 2.05) is 13.8 Å². The van der Waals surface area contributed by atoms with Crippen LogP contribution in [-0.2, 0) is 4.79 Å². The second-order valence-corrected chi connectivity index (χ2v) is 7.05. The van der Waals surface area contributed by atoms with Gasteiger partial charge in [-0.25, -0.2) is 9.78 Å². The highest BCUT2D eigenvalue weighted by Crippen LogP contribution is 2.31.